The smallest absolute Gasteiger partial charge is 0.335 e. The fraction of sp³-hybridized carbons (Fsp3) is 0.364. The average molecular weight is 420 g/mol. The highest BCUT2D eigenvalue weighted by Gasteiger charge is 2.19. The molecule has 2 rings (SSSR count). The van der Waals surface area contributed by atoms with Crippen molar-refractivity contribution in [3.05, 3.63) is 51.5 Å². The van der Waals surface area contributed by atoms with Crippen molar-refractivity contribution in [3.8, 4) is 11.5 Å². The molecule has 0 radical (unpaired) electrons. The molecule has 0 fully saturated rings. The van der Waals surface area contributed by atoms with Gasteiger partial charge in [-0.15, -0.1) is 0 Å². The SMILES string of the molecule is Cc1c(NC(=O)c2cc(OC(C)C)c(Cl)c(OC(C)C)c2)ccc(C(=O)O)c1C. The van der Waals surface area contributed by atoms with Crippen LogP contribution in [0.4, 0.5) is 5.69 Å². The van der Waals surface area contributed by atoms with Crippen LogP contribution in [0.3, 0.4) is 0 Å². The van der Waals surface area contributed by atoms with Crippen LogP contribution in [0.2, 0.25) is 5.02 Å². The first kappa shape index (κ1) is 22.6. The highest BCUT2D eigenvalue weighted by Crippen LogP contribution is 2.37. The van der Waals surface area contributed by atoms with Gasteiger partial charge >= 0.3 is 5.97 Å². The standard InChI is InChI=1S/C22H26ClNO5/c1-11(2)28-18-9-15(10-19(20(18)23)29-12(3)4)21(25)24-17-8-7-16(22(26)27)13(5)14(17)6/h7-12H,1-6H3,(H,24,25)(H,26,27). The molecule has 0 atom stereocenters. The second-order valence-corrected chi connectivity index (χ2v) is 7.67. The number of hydrogen-bond donors (Lipinski definition) is 2. The van der Waals surface area contributed by atoms with Gasteiger partial charge in [0.25, 0.3) is 5.91 Å². The molecule has 0 bridgehead atoms. The van der Waals surface area contributed by atoms with E-state index < -0.39 is 5.97 Å². The van der Waals surface area contributed by atoms with Crippen LogP contribution < -0.4 is 14.8 Å². The van der Waals surface area contributed by atoms with Crippen LogP contribution >= 0.6 is 11.6 Å². The fourth-order valence-electron chi connectivity index (χ4n) is 2.77. The Morgan fingerprint density at radius 3 is 1.93 bits per heavy atom. The molecule has 1 amide bonds. The number of benzene rings is 2. The fourth-order valence-corrected chi connectivity index (χ4v) is 2.96. The van der Waals surface area contributed by atoms with E-state index in [1.165, 1.54) is 6.07 Å². The van der Waals surface area contributed by atoms with Gasteiger partial charge < -0.3 is 19.9 Å². The lowest BCUT2D eigenvalue weighted by molar-refractivity contribution is 0.0696. The van der Waals surface area contributed by atoms with Crippen LogP contribution in [0.25, 0.3) is 0 Å². The number of carboxylic acids is 1. The van der Waals surface area contributed by atoms with Gasteiger partial charge in [-0.2, -0.15) is 0 Å². The largest absolute Gasteiger partial charge is 0.489 e. The van der Waals surface area contributed by atoms with Crippen molar-refractivity contribution in [2.75, 3.05) is 5.32 Å². The molecule has 2 aromatic rings. The molecule has 0 aromatic heterocycles. The molecule has 0 spiro atoms. The van der Waals surface area contributed by atoms with Crippen molar-refractivity contribution >= 4 is 29.2 Å². The van der Waals surface area contributed by atoms with Crippen molar-refractivity contribution in [2.24, 2.45) is 0 Å². The molecule has 156 valence electrons. The van der Waals surface area contributed by atoms with E-state index in [-0.39, 0.29) is 23.7 Å². The lowest BCUT2D eigenvalue weighted by Gasteiger charge is -2.18. The van der Waals surface area contributed by atoms with Gasteiger partial charge in [0.15, 0.2) is 0 Å². The summed E-state index contributed by atoms with van der Waals surface area (Å²) in [6.45, 7) is 10.9. The van der Waals surface area contributed by atoms with Crippen molar-refractivity contribution in [1.29, 1.82) is 0 Å². The molecular weight excluding hydrogens is 394 g/mol. The third kappa shape index (κ3) is 5.41. The predicted octanol–water partition coefficient (Wildman–Crippen LogP) is 5.48. The molecule has 7 heteroatoms. The number of halogens is 1. The van der Waals surface area contributed by atoms with E-state index in [1.807, 2.05) is 27.7 Å². The van der Waals surface area contributed by atoms with Crippen LogP contribution in [0.1, 0.15) is 59.5 Å². The van der Waals surface area contributed by atoms with Crippen LogP contribution in [0, 0.1) is 13.8 Å². The number of nitrogens with one attached hydrogen (secondary N) is 1. The molecule has 2 aromatic carbocycles. The summed E-state index contributed by atoms with van der Waals surface area (Å²) in [4.78, 5) is 24.2. The first-order chi connectivity index (χ1) is 13.5. The van der Waals surface area contributed by atoms with Gasteiger partial charge in [0.1, 0.15) is 16.5 Å². The molecule has 29 heavy (non-hydrogen) atoms. The summed E-state index contributed by atoms with van der Waals surface area (Å²) >= 11 is 6.39. The topological polar surface area (TPSA) is 84.9 Å². The minimum absolute atomic E-state index is 0.133. The maximum Gasteiger partial charge on any atom is 0.335 e. The second kappa shape index (κ2) is 9.18. The van der Waals surface area contributed by atoms with E-state index in [9.17, 15) is 14.7 Å². The number of carbonyl (C=O) groups is 2. The Labute approximate surface area is 175 Å². The van der Waals surface area contributed by atoms with Gasteiger partial charge in [0, 0.05) is 11.3 Å². The third-order valence-corrected chi connectivity index (χ3v) is 4.63. The number of carbonyl (C=O) groups excluding carboxylic acids is 1. The number of anilines is 1. The van der Waals surface area contributed by atoms with E-state index in [0.29, 0.717) is 38.9 Å². The molecule has 0 heterocycles. The van der Waals surface area contributed by atoms with Gasteiger partial charge in [-0.3, -0.25) is 4.79 Å². The quantitative estimate of drug-likeness (QED) is 0.620. The minimum atomic E-state index is -1.01. The van der Waals surface area contributed by atoms with Crippen molar-refractivity contribution in [2.45, 2.75) is 53.8 Å². The maximum absolute atomic E-state index is 12.9. The number of rotatable bonds is 7. The number of aromatic carboxylic acids is 1. The van der Waals surface area contributed by atoms with E-state index >= 15 is 0 Å². The van der Waals surface area contributed by atoms with E-state index in [4.69, 9.17) is 21.1 Å². The molecule has 0 saturated carbocycles. The molecular formula is C22H26ClNO5. The summed E-state index contributed by atoms with van der Waals surface area (Å²) in [6.07, 6.45) is -0.266. The van der Waals surface area contributed by atoms with E-state index in [1.54, 1.807) is 32.0 Å². The Kier molecular flexibility index (Phi) is 7.14. The molecule has 0 aliphatic carbocycles. The highest BCUT2D eigenvalue weighted by atomic mass is 35.5. The summed E-state index contributed by atoms with van der Waals surface area (Å²) in [6, 6.07) is 6.19. The first-order valence-corrected chi connectivity index (χ1v) is 9.70. The minimum Gasteiger partial charge on any atom is -0.489 e. The van der Waals surface area contributed by atoms with Crippen molar-refractivity contribution < 1.29 is 24.2 Å². The number of amides is 1. The first-order valence-electron chi connectivity index (χ1n) is 9.33. The lowest BCUT2D eigenvalue weighted by Crippen LogP contribution is -2.16. The van der Waals surface area contributed by atoms with Crippen LogP contribution in [-0.4, -0.2) is 29.2 Å². The molecule has 0 aliphatic heterocycles. The monoisotopic (exact) mass is 419 g/mol. The summed E-state index contributed by atoms with van der Waals surface area (Å²) < 4.78 is 11.5. The van der Waals surface area contributed by atoms with E-state index in [2.05, 4.69) is 5.32 Å². The normalized spacial score (nSPS) is 10.9. The highest BCUT2D eigenvalue weighted by molar-refractivity contribution is 6.33. The van der Waals surface area contributed by atoms with Gasteiger partial charge in [-0.1, -0.05) is 11.6 Å². The van der Waals surface area contributed by atoms with Gasteiger partial charge in [-0.25, -0.2) is 4.79 Å². The maximum atomic E-state index is 12.9. The molecule has 0 aliphatic rings. The zero-order valence-electron chi connectivity index (χ0n) is 17.4. The third-order valence-electron chi connectivity index (χ3n) is 4.26. The lowest BCUT2D eigenvalue weighted by atomic mass is 10.0. The Morgan fingerprint density at radius 1 is 0.966 bits per heavy atom. The van der Waals surface area contributed by atoms with Gasteiger partial charge in [0.05, 0.1) is 17.8 Å². The van der Waals surface area contributed by atoms with Crippen LogP contribution in [-0.2, 0) is 0 Å². The summed E-state index contributed by atoms with van der Waals surface area (Å²) in [5, 5.41) is 12.4. The zero-order chi connectivity index (χ0) is 21.9. The Hall–Kier alpha value is -2.73. The number of carboxylic acid groups (broad SMARTS) is 1. The number of hydrogen-bond acceptors (Lipinski definition) is 4. The number of ether oxygens (including phenoxy) is 2. The average Bonchev–Trinajstić information content (AvgIpc) is 2.61. The van der Waals surface area contributed by atoms with E-state index in [0.717, 1.165) is 0 Å². The molecule has 0 saturated heterocycles. The van der Waals surface area contributed by atoms with Crippen molar-refractivity contribution in [1.82, 2.24) is 0 Å². The van der Waals surface area contributed by atoms with Crippen molar-refractivity contribution in [3.63, 3.8) is 0 Å². The van der Waals surface area contributed by atoms with Gasteiger partial charge in [-0.05, 0) is 76.9 Å². The van der Waals surface area contributed by atoms with Crippen LogP contribution in [0.15, 0.2) is 24.3 Å². The summed E-state index contributed by atoms with van der Waals surface area (Å²) in [5.41, 5.74) is 2.33. The van der Waals surface area contributed by atoms with Gasteiger partial charge in [0.2, 0.25) is 0 Å². The molecule has 6 nitrogen and oxygen atoms in total. The summed E-state index contributed by atoms with van der Waals surface area (Å²) in [7, 11) is 0. The summed E-state index contributed by atoms with van der Waals surface area (Å²) in [5.74, 6) is -0.667. The second-order valence-electron chi connectivity index (χ2n) is 7.29. The molecule has 2 N–H and O–H groups in total. The Balaban J connectivity index is 2.42. The zero-order valence-corrected chi connectivity index (χ0v) is 18.2. The molecule has 0 unspecified atom stereocenters. The predicted molar refractivity (Wildman–Crippen MR) is 114 cm³/mol. The Morgan fingerprint density at radius 2 is 1.48 bits per heavy atom. The van der Waals surface area contributed by atoms with Crippen LogP contribution in [0.5, 0.6) is 11.5 Å². The Bertz CT molecular complexity index is 906.